The highest BCUT2D eigenvalue weighted by atomic mass is 79.9. The number of fused-ring (bicyclic) bond motifs is 1. The first-order chi connectivity index (χ1) is 10.0. The summed E-state index contributed by atoms with van der Waals surface area (Å²) in [5.41, 5.74) is 2.44. The number of nitrogens with one attached hydrogen (secondary N) is 1. The van der Waals surface area contributed by atoms with Gasteiger partial charge in [0.25, 0.3) is 5.91 Å². The Labute approximate surface area is 135 Å². The van der Waals surface area contributed by atoms with Gasteiger partial charge in [-0.1, -0.05) is 40.2 Å². The molecule has 1 aliphatic carbocycles. The van der Waals surface area contributed by atoms with Crippen LogP contribution in [0.4, 0.5) is 4.39 Å². The number of rotatable bonds is 2. The van der Waals surface area contributed by atoms with E-state index in [2.05, 4.69) is 21.2 Å². The molecule has 2 aromatic carbocycles. The SMILES string of the molecule is O=C(NC1c2ccccc2CC1Cl)c1cc(F)cc(Br)c1. The third-order valence-electron chi connectivity index (χ3n) is 3.58. The summed E-state index contributed by atoms with van der Waals surface area (Å²) in [5, 5.41) is 2.71. The molecule has 21 heavy (non-hydrogen) atoms. The summed E-state index contributed by atoms with van der Waals surface area (Å²) in [5.74, 6) is -0.786. The summed E-state index contributed by atoms with van der Waals surface area (Å²) < 4.78 is 13.9. The fourth-order valence-corrected chi connectivity index (χ4v) is 3.45. The molecule has 0 bridgehead atoms. The lowest BCUT2D eigenvalue weighted by Gasteiger charge is -2.17. The summed E-state index contributed by atoms with van der Waals surface area (Å²) >= 11 is 9.53. The van der Waals surface area contributed by atoms with E-state index in [1.807, 2.05) is 24.3 Å². The molecule has 0 heterocycles. The van der Waals surface area contributed by atoms with E-state index < -0.39 is 5.82 Å². The molecule has 2 atom stereocenters. The van der Waals surface area contributed by atoms with Gasteiger partial charge in [-0.15, -0.1) is 11.6 Å². The molecule has 0 saturated heterocycles. The molecule has 0 aliphatic heterocycles. The zero-order valence-corrected chi connectivity index (χ0v) is 13.3. The number of hydrogen-bond donors (Lipinski definition) is 1. The van der Waals surface area contributed by atoms with Crippen LogP contribution in [0.3, 0.4) is 0 Å². The number of carbonyl (C=O) groups excluding carboxylic acids is 1. The van der Waals surface area contributed by atoms with Crippen LogP contribution in [0.15, 0.2) is 46.9 Å². The van der Waals surface area contributed by atoms with Gasteiger partial charge in [0.1, 0.15) is 5.82 Å². The fourth-order valence-electron chi connectivity index (χ4n) is 2.62. The first-order valence-corrected chi connectivity index (χ1v) is 7.76. The van der Waals surface area contributed by atoms with Crippen LogP contribution in [0.25, 0.3) is 0 Å². The minimum absolute atomic E-state index is 0.191. The lowest BCUT2D eigenvalue weighted by atomic mass is 10.1. The predicted octanol–water partition coefficient (Wildman–Crippen LogP) is 4.22. The van der Waals surface area contributed by atoms with Crippen LogP contribution in [-0.2, 0) is 6.42 Å². The highest BCUT2D eigenvalue weighted by Crippen LogP contribution is 2.34. The molecule has 0 radical (unpaired) electrons. The molecule has 1 N–H and O–H groups in total. The Morgan fingerprint density at radius 1 is 1.29 bits per heavy atom. The molecular weight excluding hydrogens is 357 g/mol. The van der Waals surface area contributed by atoms with E-state index in [0.29, 0.717) is 4.47 Å². The molecule has 0 spiro atoms. The number of carbonyl (C=O) groups is 1. The Morgan fingerprint density at radius 2 is 2.05 bits per heavy atom. The normalized spacial score (nSPS) is 20.1. The zero-order chi connectivity index (χ0) is 15.0. The largest absolute Gasteiger partial charge is 0.344 e. The van der Waals surface area contributed by atoms with Crippen LogP contribution in [0, 0.1) is 5.82 Å². The third-order valence-corrected chi connectivity index (χ3v) is 4.44. The average Bonchev–Trinajstić information content (AvgIpc) is 2.74. The first kappa shape index (κ1) is 14.5. The zero-order valence-electron chi connectivity index (χ0n) is 10.9. The van der Waals surface area contributed by atoms with Crippen LogP contribution in [0.2, 0.25) is 0 Å². The van der Waals surface area contributed by atoms with Crippen molar-refractivity contribution in [3.8, 4) is 0 Å². The average molecular weight is 369 g/mol. The van der Waals surface area contributed by atoms with E-state index in [1.54, 1.807) is 6.07 Å². The number of benzene rings is 2. The van der Waals surface area contributed by atoms with E-state index in [9.17, 15) is 9.18 Å². The van der Waals surface area contributed by atoms with Gasteiger partial charge in [0.15, 0.2) is 0 Å². The molecule has 2 aromatic rings. The lowest BCUT2D eigenvalue weighted by Crippen LogP contribution is -2.31. The van der Waals surface area contributed by atoms with Crippen molar-refractivity contribution in [2.24, 2.45) is 0 Å². The lowest BCUT2D eigenvalue weighted by molar-refractivity contribution is 0.0936. The van der Waals surface area contributed by atoms with Crippen molar-refractivity contribution in [1.82, 2.24) is 5.32 Å². The molecule has 0 aromatic heterocycles. The van der Waals surface area contributed by atoms with Gasteiger partial charge in [-0.3, -0.25) is 4.79 Å². The van der Waals surface area contributed by atoms with Gasteiger partial charge in [-0.05, 0) is 35.7 Å². The molecular formula is C16H12BrClFNO. The van der Waals surface area contributed by atoms with Crippen molar-refractivity contribution >= 4 is 33.4 Å². The van der Waals surface area contributed by atoms with Crippen molar-refractivity contribution in [2.45, 2.75) is 17.8 Å². The van der Waals surface area contributed by atoms with E-state index in [-0.39, 0.29) is 22.9 Å². The fraction of sp³-hybridized carbons (Fsp3) is 0.188. The van der Waals surface area contributed by atoms with Crippen molar-refractivity contribution in [3.05, 3.63) is 69.4 Å². The second-order valence-electron chi connectivity index (χ2n) is 5.03. The van der Waals surface area contributed by atoms with Crippen molar-refractivity contribution < 1.29 is 9.18 Å². The Morgan fingerprint density at radius 3 is 2.81 bits per heavy atom. The molecule has 2 unspecified atom stereocenters. The summed E-state index contributed by atoms with van der Waals surface area (Å²) in [6.07, 6.45) is 0.718. The smallest absolute Gasteiger partial charge is 0.251 e. The highest BCUT2D eigenvalue weighted by molar-refractivity contribution is 9.10. The van der Waals surface area contributed by atoms with Crippen LogP contribution in [0.1, 0.15) is 27.5 Å². The Bertz CT molecular complexity index is 686. The standard InChI is InChI=1S/C16H12BrClFNO/c17-11-5-10(6-12(19)8-11)16(21)20-15-13-4-2-1-3-9(13)7-14(15)18/h1-6,8,14-15H,7H2,(H,20,21). The maximum absolute atomic E-state index is 13.4. The van der Waals surface area contributed by atoms with Gasteiger partial charge in [-0.25, -0.2) is 4.39 Å². The maximum atomic E-state index is 13.4. The van der Waals surface area contributed by atoms with Crippen molar-refractivity contribution in [3.63, 3.8) is 0 Å². The quantitative estimate of drug-likeness (QED) is 0.790. The maximum Gasteiger partial charge on any atom is 0.251 e. The predicted molar refractivity (Wildman–Crippen MR) is 84.1 cm³/mol. The monoisotopic (exact) mass is 367 g/mol. The molecule has 1 amide bonds. The summed E-state index contributed by atoms with van der Waals surface area (Å²) in [6, 6.07) is 11.7. The summed E-state index contributed by atoms with van der Waals surface area (Å²) in [4.78, 5) is 12.3. The van der Waals surface area contributed by atoms with Crippen molar-refractivity contribution in [1.29, 1.82) is 0 Å². The van der Waals surface area contributed by atoms with E-state index in [0.717, 1.165) is 17.5 Å². The van der Waals surface area contributed by atoms with Gasteiger partial charge in [-0.2, -0.15) is 0 Å². The molecule has 0 saturated carbocycles. The van der Waals surface area contributed by atoms with Gasteiger partial charge < -0.3 is 5.32 Å². The van der Waals surface area contributed by atoms with Gasteiger partial charge in [0, 0.05) is 10.0 Å². The molecule has 5 heteroatoms. The Hall–Kier alpha value is -1.39. The van der Waals surface area contributed by atoms with Crippen LogP contribution in [0.5, 0.6) is 0 Å². The third kappa shape index (κ3) is 2.97. The number of halogens is 3. The molecule has 2 nitrogen and oxygen atoms in total. The second kappa shape index (κ2) is 5.78. The van der Waals surface area contributed by atoms with Crippen LogP contribution in [-0.4, -0.2) is 11.3 Å². The van der Waals surface area contributed by atoms with Crippen LogP contribution >= 0.6 is 27.5 Å². The van der Waals surface area contributed by atoms with Gasteiger partial charge in [0.05, 0.1) is 11.4 Å². The molecule has 3 rings (SSSR count). The molecule has 0 fully saturated rings. The van der Waals surface area contributed by atoms with Gasteiger partial charge in [0.2, 0.25) is 0 Å². The van der Waals surface area contributed by atoms with Gasteiger partial charge >= 0.3 is 0 Å². The Kier molecular flexibility index (Phi) is 4.00. The minimum atomic E-state index is -0.455. The summed E-state index contributed by atoms with van der Waals surface area (Å²) in [6.45, 7) is 0. The minimum Gasteiger partial charge on any atom is -0.344 e. The number of alkyl halides is 1. The topological polar surface area (TPSA) is 29.1 Å². The Balaban J connectivity index is 1.85. The first-order valence-electron chi connectivity index (χ1n) is 6.53. The summed E-state index contributed by atoms with van der Waals surface area (Å²) in [7, 11) is 0. The van der Waals surface area contributed by atoms with E-state index >= 15 is 0 Å². The van der Waals surface area contributed by atoms with E-state index in [4.69, 9.17) is 11.6 Å². The van der Waals surface area contributed by atoms with Crippen LogP contribution < -0.4 is 5.32 Å². The second-order valence-corrected chi connectivity index (χ2v) is 6.50. The number of hydrogen-bond acceptors (Lipinski definition) is 1. The number of amides is 1. The van der Waals surface area contributed by atoms with E-state index in [1.165, 1.54) is 12.1 Å². The molecule has 1 aliphatic rings. The highest BCUT2D eigenvalue weighted by Gasteiger charge is 2.32. The van der Waals surface area contributed by atoms with Crippen molar-refractivity contribution in [2.75, 3.05) is 0 Å². The molecule has 108 valence electrons.